The van der Waals surface area contributed by atoms with Crippen molar-refractivity contribution in [3.63, 3.8) is 0 Å². The van der Waals surface area contributed by atoms with Gasteiger partial charge in [-0.3, -0.25) is 9.55 Å². The Bertz CT molecular complexity index is 2820. The molecule has 0 radical (unpaired) electrons. The number of nitrogens with zero attached hydrogens (tertiary/aromatic N) is 3. The molecule has 10 rings (SSSR count). The first kappa shape index (κ1) is 27.5. The van der Waals surface area contributed by atoms with Crippen LogP contribution in [0, 0.1) is 0 Å². The molecule has 0 saturated carbocycles. The lowest BCUT2D eigenvalue weighted by atomic mass is 9.85. The highest BCUT2D eigenvalue weighted by Crippen LogP contribution is 2.44. The highest BCUT2D eigenvalue weighted by molar-refractivity contribution is 6.21. The Morgan fingerprint density at radius 3 is 1.73 bits per heavy atom. The number of aromatic nitrogens is 3. The van der Waals surface area contributed by atoms with Gasteiger partial charge >= 0.3 is 0 Å². The largest absolute Gasteiger partial charge is 0.290 e. The van der Waals surface area contributed by atoms with E-state index in [-0.39, 0.29) is 0 Å². The predicted octanol–water partition coefficient (Wildman–Crippen LogP) is 12.0. The number of pyridine rings is 1. The molecule has 49 heavy (non-hydrogen) atoms. The van der Waals surface area contributed by atoms with Gasteiger partial charge < -0.3 is 0 Å². The standard InChI is InChI=1S/C46H29N3/c1-2-12-34-29-35(27-22-30(34)11-1)44-38-17-5-3-15-36(38)43(37-16-4-6-18-39(37)44)31-23-25-33(26-24-31)46-48-40-19-7-8-20-41(40)49(46)42-21-9-13-32-14-10-28-47-45(32)42/h1-29H. The fourth-order valence-corrected chi connectivity index (χ4v) is 7.61. The molecule has 2 aromatic heterocycles. The molecular weight excluding hydrogens is 595 g/mol. The Labute approximate surface area is 283 Å². The first-order chi connectivity index (χ1) is 24.3. The van der Waals surface area contributed by atoms with Gasteiger partial charge in [-0.2, -0.15) is 0 Å². The van der Waals surface area contributed by atoms with Crippen molar-refractivity contribution in [2.24, 2.45) is 0 Å². The van der Waals surface area contributed by atoms with E-state index in [1.807, 2.05) is 18.3 Å². The topological polar surface area (TPSA) is 30.7 Å². The predicted molar refractivity (Wildman–Crippen MR) is 205 cm³/mol. The molecule has 3 heteroatoms. The van der Waals surface area contributed by atoms with Crippen LogP contribution in [0.1, 0.15) is 0 Å². The molecule has 0 atom stereocenters. The molecule has 0 aliphatic rings. The number of hydrogen-bond acceptors (Lipinski definition) is 2. The lowest BCUT2D eigenvalue weighted by Crippen LogP contribution is -1.99. The summed E-state index contributed by atoms with van der Waals surface area (Å²) >= 11 is 0. The van der Waals surface area contributed by atoms with E-state index < -0.39 is 0 Å². The van der Waals surface area contributed by atoms with Crippen molar-refractivity contribution in [1.29, 1.82) is 0 Å². The van der Waals surface area contributed by atoms with Crippen LogP contribution in [0.3, 0.4) is 0 Å². The van der Waals surface area contributed by atoms with Gasteiger partial charge in [-0.1, -0.05) is 140 Å². The molecular formula is C46H29N3. The summed E-state index contributed by atoms with van der Waals surface area (Å²) in [4.78, 5) is 9.96. The summed E-state index contributed by atoms with van der Waals surface area (Å²) in [6.07, 6.45) is 1.86. The van der Waals surface area contributed by atoms with E-state index in [2.05, 4.69) is 162 Å². The molecule has 228 valence electrons. The molecule has 0 aliphatic heterocycles. The van der Waals surface area contributed by atoms with Crippen molar-refractivity contribution < 1.29 is 0 Å². The molecule has 3 nitrogen and oxygen atoms in total. The summed E-state index contributed by atoms with van der Waals surface area (Å²) in [6.45, 7) is 0. The average molecular weight is 624 g/mol. The Hall–Kier alpha value is -6.58. The molecule has 0 N–H and O–H groups in total. The highest BCUT2D eigenvalue weighted by Gasteiger charge is 2.19. The molecule has 2 heterocycles. The van der Waals surface area contributed by atoms with Crippen molar-refractivity contribution in [1.82, 2.24) is 14.5 Å². The van der Waals surface area contributed by atoms with Crippen molar-refractivity contribution in [2.45, 2.75) is 0 Å². The number of rotatable bonds is 4. The van der Waals surface area contributed by atoms with Crippen LogP contribution in [0.2, 0.25) is 0 Å². The van der Waals surface area contributed by atoms with Crippen LogP contribution < -0.4 is 0 Å². The maximum absolute atomic E-state index is 5.17. The van der Waals surface area contributed by atoms with Gasteiger partial charge in [-0.15, -0.1) is 0 Å². The van der Waals surface area contributed by atoms with Crippen molar-refractivity contribution >= 4 is 54.3 Å². The highest BCUT2D eigenvalue weighted by atomic mass is 15.1. The summed E-state index contributed by atoms with van der Waals surface area (Å²) in [5.41, 5.74) is 9.96. The normalized spacial score (nSPS) is 11.7. The van der Waals surface area contributed by atoms with Crippen LogP contribution in [0.25, 0.3) is 93.6 Å². The van der Waals surface area contributed by atoms with Gasteiger partial charge in [0.2, 0.25) is 0 Å². The molecule has 0 unspecified atom stereocenters. The number of benzene rings is 8. The zero-order valence-corrected chi connectivity index (χ0v) is 26.6. The monoisotopic (exact) mass is 623 g/mol. The second kappa shape index (κ2) is 11.0. The molecule has 8 aromatic carbocycles. The molecule has 0 spiro atoms. The lowest BCUT2D eigenvalue weighted by Gasteiger charge is -2.18. The summed E-state index contributed by atoms with van der Waals surface area (Å²) in [5, 5.41) is 8.59. The Kier molecular flexibility index (Phi) is 6.18. The van der Waals surface area contributed by atoms with Crippen molar-refractivity contribution in [3.05, 3.63) is 176 Å². The molecule has 10 aromatic rings. The zero-order chi connectivity index (χ0) is 32.3. The lowest BCUT2D eigenvalue weighted by molar-refractivity contribution is 1.11. The summed E-state index contributed by atoms with van der Waals surface area (Å²) < 4.78 is 2.25. The number of fused-ring (bicyclic) bond motifs is 5. The van der Waals surface area contributed by atoms with E-state index in [1.165, 1.54) is 54.6 Å². The Morgan fingerprint density at radius 2 is 0.980 bits per heavy atom. The van der Waals surface area contributed by atoms with Gasteiger partial charge in [0, 0.05) is 17.1 Å². The zero-order valence-electron chi connectivity index (χ0n) is 26.6. The Morgan fingerprint density at radius 1 is 0.408 bits per heavy atom. The molecule has 0 saturated heterocycles. The van der Waals surface area contributed by atoms with Gasteiger partial charge in [-0.25, -0.2) is 4.98 Å². The smallest absolute Gasteiger partial charge is 0.145 e. The van der Waals surface area contributed by atoms with Crippen LogP contribution >= 0.6 is 0 Å². The molecule has 0 bridgehead atoms. The molecule has 0 aliphatic carbocycles. The third kappa shape index (κ3) is 4.37. The maximum atomic E-state index is 5.17. The van der Waals surface area contributed by atoms with E-state index in [1.54, 1.807) is 0 Å². The second-order valence-corrected chi connectivity index (χ2v) is 12.6. The molecule has 0 amide bonds. The SMILES string of the molecule is c1ccc2cc(-c3c4ccccc4c(-c4ccc(-c5nc6ccccc6n5-c5cccc6cccnc56)cc4)c4ccccc34)ccc2c1. The maximum Gasteiger partial charge on any atom is 0.145 e. The van der Waals surface area contributed by atoms with Gasteiger partial charge in [0.05, 0.1) is 22.2 Å². The minimum atomic E-state index is 0.896. The third-order valence-corrected chi connectivity index (χ3v) is 9.81. The summed E-state index contributed by atoms with van der Waals surface area (Å²) in [7, 11) is 0. The van der Waals surface area contributed by atoms with Crippen LogP contribution in [0.5, 0.6) is 0 Å². The van der Waals surface area contributed by atoms with Gasteiger partial charge in [0.25, 0.3) is 0 Å². The average Bonchev–Trinajstić information content (AvgIpc) is 3.56. The second-order valence-electron chi connectivity index (χ2n) is 12.6. The summed E-state index contributed by atoms with van der Waals surface area (Å²) in [6, 6.07) is 60.8. The first-order valence-electron chi connectivity index (χ1n) is 16.7. The number of para-hydroxylation sites is 3. The first-order valence-corrected chi connectivity index (χ1v) is 16.7. The van der Waals surface area contributed by atoms with Crippen LogP contribution in [-0.2, 0) is 0 Å². The fourth-order valence-electron chi connectivity index (χ4n) is 7.61. The number of imidazole rings is 1. The number of hydrogen-bond donors (Lipinski definition) is 0. The van der Waals surface area contributed by atoms with Crippen molar-refractivity contribution in [2.75, 3.05) is 0 Å². The van der Waals surface area contributed by atoms with Crippen LogP contribution in [0.15, 0.2) is 176 Å². The van der Waals surface area contributed by atoms with Gasteiger partial charge in [0.1, 0.15) is 5.82 Å². The molecule has 0 fully saturated rings. The van der Waals surface area contributed by atoms with E-state index in [0.29, 0.717) is 0 Å². The quantitative estimate of drug-likeness (QED) is 0.183. The third-order valence-electron chi connectivity index (χ3n) is 9.81. The van der Waals surface area contributed by atoms with E-state index in [4.69, 9.17) is 9.97 Å². The Balaban J connectivity index is 1.17. The van der Waals surface area contributed by atoms with Crippen LogP contribution in [0.4, 0.5) is 0 Å². The van der Waals surface area contributed by atoms with Gasteiger partial charge in [-0.05, 0) is 84.9 Å². The van der Waals surface area contributed by atoms with E-state index in [9.17, 15) is 0 Å². The van der Waals surface area contributed by atoms with Crippen molar-refractivity contribution in [3.8, 4) is 39.3 Å². The van der Waals surface area contributed by atoms with Crippen LogP contribution in [-0.4, -0.2) is 14.5 Å². The summed E-state index contributed by atoms with van der Waals surface area (Å²) in [5.74, 6) is 0.896. The van der Waals surface area contributed by atoms with E-state index in [0.717, 1.165) is 39.0 Å². The minimum absolute atomic E-state index is 0.896. The minimum Gasteiger partial charge on any atom is -0.290 e. The van der Waals surface area contributed by atoms with Gasteiger partial charge in [0.15, 0.2) is 0 Å². The fraction of sp³-hybridized carbons (Fsp3) is 0. The van der Waals surface area contributed by atoms with E-state index >= 15 is 0 Å².